The molecule has 22 heavy (non-hydrogen) atoms. The Morgan fingerprint density at radius 2 is 2.14 bits per heavy atom. The van der Waals surface area contributed by atoms with E-state index in [1.807, 2.05) is 7.05 Å². The Hall–Kier alpha value is -1.59. The van der Waals surface area contributed by atoms with Crippen molar-refractivity contribution in [1.29, 1.82) is 0 Å². The molecule has 1 N–H and O–H groups in total. The molecule has 0 fully saturated rings. The lowest BCUT2D eigenvalue weighted by atomic mass is 10.1. The lowest BCUT2D eigenvalue weighted by Crippen LogP contribution is -2.22. The molecule has 1 aromatic carbocycles. The predicted octanol–water partition coefficient (Wildman–Crippen LogP) is 3.52. The van der Waals surface area contributed by atoms with Crippen LogP contribution >= 0.6 is 0 Å². The number of aromatic nitrogens is 2. The second-order valence-electron chi connectivity index (χ2n) is 5.63. The topological polar surface area (TPSA) is 50.4 Å². The van der Waals surface area contributed by atoms with Gasteiger partial charge in [0.05, 0.1) is 18.2 Å². The summed E-state index contributed by atoms with van der Waals surface area (Å²) in [6.07, 6.45) is 2.36. The van der Waals surface area contributed by atoms with Gasteiger partial charge in [-0.3, -0.25) is 5.10 Å². The highest BCUT2D eigenvalue weighted by Crippen LogP contribution is 2.27. The van der Waals surface area contributed by atoms with Crippen LogP contribution in [-0.2, 0) is 9.47 Å². The molecule has 0 aliphatic heterocycles. The van der Waals surface area contributed by atoms with Crippen molar-refractivity contribution in [3.05, 3.63) is 23.8 Å². The minimum atomic E-state index is 0.1000. The van der Waals surface area contributed by atoms with Gasteiger partial charge in [-0.2, -0.15) is 5.10 Å². The summed E-state index contributed by atoms with van der Waals surface area (Å²) in [5, 5.41) is 8.65. The molecule has 5 heteroatoms. The first-order chi connectivity index (χ1) is 10.7. The Bertz CT molecular complexity index is 582. The van der Waals surface area contributed by atoms with Crippen molar-refractivity contribution in [3.8, 4) is 0 Å². The molecule has 0 bridgehead atoms. The molecule has 0 radical (unpaired) electrons. The number of hydrogen-bond donors (Lipinski definition) is 1. The normalized spacial score (nSPS) is 12.7. The highest BCUT2D eigenvalue weighted by atomic mass is 16.5. The van der Waals surface area contributed by atoms with Crippen molar-refractivity contribution in [2.24, 2.45) is 0 Å². The van der Waals surface area contributed by atoms with Crippen molar-refractivity contribution in [2.45, 2.75) is 32.8 Å². The zero-order valence-electron chi connectivity index (χ0n) is 14.1. The van der Waals surface area contributed by atoms with Gasteiger partial charge in [0.1, 0.15) is 0 Å². The van der Waals surface area contributed by atoms with E-state index in [9.17, 15) is 0 Å². The molecule has 0 spiro atoms. The number of anilines is 1. The summed E-state index contributed by atoms with van der Waals surface area (Å²) in [5.74, 6) is 0.953. The van der Waals surface area contributed by atoms with Crippen LogP contribution in [0.15, 0.2) is 18.2 Å². The fraction of sp³-hybridized carbons (Fsp3) is 0.588. The number of H-pyrrole nitrogens is 1. The number of rotatable bonds is 9. The first kappa shape index (κ1) is 16.8. The molecule has 1 unspecified atom stereocenters. The molecule has 1 atom stereocenters. The number of likely N-dealkylation sites (N-methyl/N-ethyl adjacent to an activating group) is 1. The van der Waals surface area contributed by atoms with Crippen LogP contribution in [0, 0.1) is 0 Å². The molecular weight excluding hydrogens is 278 g/mol. The van der Waals surface area contributed by atoms with E-state index in [1.54, 1.807) is 7.11 Å². The Balaban J connectivity index is 2.17. The summed E-state index contributed by atoms with van der Waals surface area (Å²) in [6.45, 7) is 6.57. The van der Waals surface area contributed by atoms with Crippen molar-refractivity contribution in [1.82, 2.24) is 10.2 Å². The van der Waals surface area contributed by atoms with E-state index in [-0.39, 0.29) is 6.10 Å². The summed E-state index contributed by atoms with van der Waals surface area (Å²) >= 11 is 0. The molecule has 2 aromatic rings. The van der Waals surface area contributed by atoms with Gasteiger partial charge in [-0.15, -0.1) is 0 Å². The molecule has 1 aromatic heterocycles. The Morgan fingerprint density at radius 1 is 1.32 bits per heavy atom. The number of hydrogen-bond acceptors (Lipinski definition) is 4. The Morgan fingerprint density at radius 3 is 2.86 bits per heavy atom. The van der Waals surface area contributed by atoms with Crippen LogP contribution in [0.1, 0.15) is 38.4 Å². The van der Waals surface area contributed by atoms with Crippen LogP contribution in [0.25, 0.3) is 10.9 Å². The van der Waals surface area contributed by atoms with E-state index in [0.717, 1.165) is 42.7 Å². The standard InChI is InChI=1S/C17H27N3O2/c1-5-6-10-22-13(2)14-7-8-16-15(12-14)17(19-18-16)20(3)9-11-21-4/h7-8,12-13H,5-6,9-11H2,1-4H3,(H,18,19). The maximum absolute atomic E-state index is 5.89. The van der Waals surface area contributed by atoms with E-state index in [2.05, 4.69) is 47.1 Å². The summed E-state index contributed by atoms with van der Waals surface area (Å²) in [6, 6.07) is 6.36. The van der Waals surface area contributed by atoms with Gasteiger partial charge in [0, 0.05) is 32.7 Å². The Kier molecular flexibility index (Phi) is 6.21. The van der Waals surface area contributed by atoms with Gasteiger partial charge in [0.15, 0.2) is 5.82 Å². The molecule has 0 aliphatic rings. The van der Waals surface area contributed by atoms with Gasteiger partial charge in [0.25, 0.3) is 0 Å². The molecule has 5 nitrogen and oxygen atoms in total. The number of fused-ring (bicyclic) bond motifs is 1. The summed E-state index contributed by atoms with van der Waals surface area (Å²) in [7, 11) is 3.74. The van der Waals surface area contributed by atoms with E-state index in [1.165, 1.54) is 5.56 Å². The van der Waals surface area contributed by atoms with E-state index < -0.39 is 0 Å². The number of ether oxygens (including phenoxy) is 2. The smallest absolute Gasteiger partial charge is 0.158 e. The minimum Gasteiger partial charge on any atom is -0.383 e. The average molecular weight is 305 g/mol. The number of aromatic amines is 1. The third-order valence-corrected chi connectivity index (χ3v) is 3.89. The van der Waals surface area contributed by atoms with Gasteiger partial charge >= 0.3 is 0 Å². The van der Waals surface area contributed by atoms with Crippen molar-refractivity contribution >= 4 is 16.7 Å². The maximum Gasteiger partial charge on any atom is 0.158 e. The molecule has 1 heterocycles. The van der Waals surface area contributed by atoms with Crippen LogP contribution < -0.4 is 4.90 Å². The van der Waals surface area contributed by atoms with Crippen molar-refractivity contribution in [3.63, 3.8) is 0 Å². The predicted molar refractivity (Wildman–Crippen MR) is 90.5 cm³/mol. The summed E-state index contributed by atoms with van der Waals surface area (Å²) < 4.78 is 11.0. The van der Waals surface area contributed by atoms with Crippen LogP contribution in [0.2, 0.25) is 0 Å². The SMILES string of the molecule is CCCCOC(C)c1ccc2[nH]nc(N(C)CCOC)c2c1. The molecule has 2 rings (SSSR count). The number of nitrogens with one attached hydrogen (secondary N) is 1. The summed E-state index contributed by atoms with van der Waals surface area (Å²) in [5.41, 5.74) is 2.23. The maximum atomic E-state index is 5.89. The monoisotopic (exact) mass is 305 g/mol. The minimum absolute atomic E-state index is 0.1000. The molecule has 0 aliphatic carbocycles. The molecule has 0 saturated carbocycles. The number of benzene rings is 1. The number of nitrogens with zero attached hydrogens (tertiary/aromatic N) is 2. The third-order valence-electron chi connectivity index (χ3n) is 3.89. The zero-order chi connectivity index (χ0) is 15.9. The second kappa shape index (κ2) is 8.15. The fourth-order valence-corrected chi connectivity index (χ4v) is 2.40. The largest absolute Gasteiger partial charge is 0.383 e. The number of methoxy groups -OCH3 is 1. The quantitative estimate of drug-likeness (QED) is 0.720. The first-order valence-electron chi connectivity index (χ1n) is 7.97. The number of unbranched alkanes of at least 4 members (excludes halogenated alkanes) is 1. The van der Waals surface area contributed by atoms with Gasteiger partial charge in [-0.05, 0) is 31.0 Å². The first-order valence-corrected chi connectivity index (χ1v) is 7.97. The Labute approximate surface area is 132 Å². The van der Waals surface area contributed by atoms with Gasteiger partial charge in [-0.1, -0.05) is 19.4 Å². The summed E-state index contributed by atoms with van der Waals surface area (Å²) in [4.78, 5) is 2.11. The molecule has 122 valence electrons. The van der Waals surface area contributed by atoms with Crippen molar-refractivity contribution in [2.75, 3.05) is 38.8 Å². The average Bonchev–Trinajstić information content (AvgIpc) is 2.95. The van der Waals surface area contributed by atoms with Crippen LogP contribution in [0.5, 0.6) is 0 Å². The zero-order valence-corrected chi connectivity index (χ0v) is 14.1. The molecule has 0 amide bonds. The fourth-order valence-electron chi connectivity index (χ4n) is 2.40. The van der Waals surface area contributed by atoms with E-state index in [4.69, 9.17) is 9.47 Å². The van der Waals surface area contributed by atoms with E-state index in [0.29, 0.717) is 6.61 Å². The third kappa shape index (κ3) is 3.99. The van der Waals surface area contributed by atoms with Crippen LogP contribution in [0.4, 0.5) is 5.82 Å². The lowest BCUT2D eigenvalue weighted by molar-refractivity contribution is 0.0638. The van der Waals surface area contributed by atoms with E-state index >= 15 is 0 Å². The molecular formula is C17H27N3O2. The second-order valence-corrected chi connectivity index (χ2v) is 5.63. The van der Waals surface area contributed by atoms with Crippen LogP contribution in [0.3, 0.4) is 0 Å². The highest BCUT2D eigenvalue weighted by molar-refractivity contribution is 5.90. The van der Waals surface area contributed by atoms with Gasteiger partial charge in [-0.25, -0.2) is 0 Å². The highest BCUT2D eigenvalue weighted by Gasteiger charge is 2.13. The van der Waals surface area contributed by atoms with Crippen molar-refractivity contribution < 1.29 is 9.47 Å². The lowest BCUT2D eigenvalue weighted by Gasteiger charge is -2.17. The van der Waals surface area contributed by atoms with Crippen LogP contribution in [-0.4, -0.2) is 44.1 Å². The van der Waals surface area contributed by atoms with Gasteiger partial charge < -0.3 is 14.4 Å². The van der Waals surface area contributed by atoms with Gasteiger partial charge in [0.2, 0.25) is 0 Å². The molecule has 0 saturated heterocycles.